The highest BCUT2D eigenvalue weighted by Gasteiger charge is 2.00. The minimum atomic E-state index is 0.701. The molecule has 0 aromatic carbocycles. The average molecular weight is 205 g/mol. The third-order valence-corrected chi connectivity index (χ3v) is 2.97. The smallest absolute Gasteiger partial charge is 0.0553 e. The molecule has 0 fully saturated rings. The Morgan fingerprint density at radius 2 is 2.23 bits per heavy atom. The highest BCUT2D eigenvalue weighted by Crippen LogP contribution is 2.08. The summed E-state index contributed by atoms with van der Waals surface area (Å²) in [6.45, 7) is 7.63. The second kappa shape index (κ2) is 10.4. The van der Waals surface area contributed by atoms with Crippen LogP contribution >= 0.6 is 11.8 Å². The summed E-state index contributed by atoms with van der Waals surface area (Å²) in [6, 6.07) is 0. The van der Waals surface area contributed by atoms with Crippen LogP contribution in [-0.2, 0) is 4.74 Å². The second-order valence-electron chi connectivity index (χ2n) is 3.23. The van der Waals surface area contributed by atoms with Crippen LogP contribution in [0.5, 0.6) is 0 Å². The first-order chi connectivity index (χ1) is 6.31. The van der Waals surface area contributed by atoms with Gasteiger partial charge in [0.25, 0.3) is 0 Å². The van der Waals surface area contributed by atoms with E-state index in [-0.39, 0.29) is 0 Å². The van der Waals surface area contributed by atoms with Gasteiger partial charge in [-0.2, -0.15) is 11.8 Å². The third-order valence-electron chi connectivity index (χ3n) is 1.83. The molecule has 0 aliphatic rings. The molecule has 0 rings (SSSR count). The largest absolute Gasteiger partial charge is 0.384 e. The summed E-state index contributed by atoms with van der Waals surface area (Å²) in [5.41, 5.74) is 0. The number of rotatable bonds is 9. The van der Waals surface area contributed by atoms with E-state index in [2.05, 4.69) is 19.2 Å². The normalized spacial score (nSPS) is 13.2. The first-order valence-electron chi connectivity index (χ1n) is 5.12. The van der Waals surface area contributed by atoms with Crippen molar-refractivity contribution in [3.8, 4) is 0 Å². The molecule has 0 aliphatic heterocycles. The lowest BCUT2D eigenvalue weighted by molar-refractivity contribution is 0.218. The Morgan fingerprint density at radius 3 is 2.85 bits per heavy atom. The van der Waals surface area contributed by atoms with Gasteiger partial charge >= 0.3 is 0 Å². The molecule has 2 nitrogen and oxygen atoms in total. The molecule has 0 bridgehead atoms. The standard InChI is InChI=1S/C10H23NOS/c1-4-5-6-11-9-10(2)13-8-7-12-3/h10-11H,4-9H2,1-3H3. The first kappa shape index (κ1) is 13.3. The van der Waals surface area contributed by atoms with Crippen molar-refractivity contribution in [2.75, 3.05) is 32.6 Å². The van der Waals surface area contributed by atoms with E-state index < -0.39 is 0 Å². The average Bonchev–Trinajstić information content (AvgIpc) is 2.13. The van der Waals surface area contributed by atoms with Crippen LogP contribution < -0.4 is 5.32 Å². The predicted octanol–water partition coefficient (Wildman–Crippen LogP) is 2.14. The van der Waals surface area contributed by atoms with E-state index in [0.29, 0.717) is 5.25 Å². The molecule has 0 radical (unpaired) electrons. The van der Waals surface area contributed by atoms with Crippen LogP contribution in [0.1, 0.15) is 26.7 Å². The fraction of sp³-hybridized carbons (Fsp3) is 1.00. The van der Waals surface area contributed by atoms with E-state index in [4.69, 9.17) is 4.74 Å². The van der Waals surface area contributed by atoms with Crippen LogP contribution in [0.3, 0.4) is 0 Å². The Bertz CT molecular complexity index is 101. The summed E-state index contributed by atoms with van der Waals surface area (Å²) in [6.07, 6.45) is 2.56. The van der Waals surface area contributed by atoms with Crippen molar-refractivity contribution < 1.29 is 4.74 Å². The van der Waals surface area contributed by atoms with Crippen molar-refractivity contribution in [3.05, 3.63) is 0 Å². The number of ether oxygens (including phenoxy) is 1. The van der Waals surface area contributed by atoms with Crippen molar-refractivity contribution in [3.63, 3.8) is 0 Å². The maximum Gasteiger partial charge on any atom is 0.0553 e. The van der Waals surface area contributed by atoms with Crippen LogP contribution in [0.4, 0.5) is 0 Å². The van der Waals surface area contributed by atoms with Gasteiger partial charge in [0, 0.05) is 24.7 Å². The summed E-state index contributed by atoms with van der Waals surface area (Å²) in [4.78, 5) is 0. The molecule has 0 heterocycles. The fourth-order valence-electron chi connectivity index (χ4n) is 0.999. The Kier molecular flexibility index (Phi) is 10.6. The van der Waals surface area contributed by atoms with Gasteiger partial charge in [0.1, 0.15) is 0 Å². The highest BCUT2D eigenvalue weighted by atomic mass is 32.2. The van der Waals surface area contributed by atoms with Gasteiger partial charge in [0.05, 0.1) is 6.61 Å². The van der Waals surface area contributed by atoms with Crippen molar-refractivity contribution in [1.29, 1.82) is 0 Å². The topological polar surface area (TPSA) is 21.3 Å². The second-order valence-corrected chi connectivity index (χ2v) is 4.78. The van der Waals surface area contributed by atoms with Gasteiger partial charge in [0.2, 0.25) is 0 Å². The van der Waals surface area contributed by atoms with Gasteiger partial charge in [-0.1, -0.05) is 20.3 Å². The van der Waals surface area contributed by atoms with Crippen molar-refractivity contribution >= 4 is 11.8 Å². The number of unbranched alkanes of at least 4 members (excludes halogenated alkanes) is 1. The van der Waals surface area contributed by atoms with Gasteiger partial charge in [-0.05, 0) is 13.0 Å². The molecule has 0 aliphatic carbocycles. The third kappa shape index (κ3) is 10.2. The maximum atomic E-state index is 4.99. The number of methoxy groups -OCH3 is 1. The van der Waals surface area contributed by atoms with Crippen molar-refractivity contribution in [2.24, 2.45) is 0 Å². The molecule has 0 spiro atoms. The van der Waals surface area contributed by atoms with Gasteiger partial charge < -0.3 is 10.1 Å². The van der Waals surface area contributed by atoms with E-state index in [1.54, 1.807) is 7.11 Å². The summed E-state index contributed by atoms with van der Waals surface area (Å²) in [7, 11) is 1.75. The van der Waals surface area contributed by atoms with Gasteiger partial charge in [-0.15, -0.1) is 0 Å². The van der Waals surface area contributed by atoms with E-state index in [9.17, 15) is 0 Å². The molecular weight excluding hydrogens is 182 g/mol. The van der Waals surface area contributed by atoms with Crippen LogP contribution in [0.15, 0.2) is 0 Å². The zero-order chi connectivity index (χ0) is 9.94. The van der Waals surface area contributed by atoms with E-state index >= 15 is 0 Å². The number of nitrogens with one attached hydrogen (secondary N) is 1. The molecule has 1 unspecified atom stereocenters. The minimum absolute atomic E-state index is 0.701. The van der Waals surface area contributed by atoms with E-state index in [1.807, 2.05) is 11.8 Å². The Labute approximate surface area is 86.8 Å². The summed E-state index contributed by atoms with van der Waals surface area (Å²) in [5.74, 6) is 1.10. The zero-order valence-corrected chi connectivity index (χ0v) is 9.95. The molecule has 0 saturated heterocycles. The Hall–Kier alpha value is 0.270. The molecule has 80 valence electrons. The van der Waals surface area contributed by atoms with Crippen molar-refractivity contribution in [2.45, 2.75) is 31.9 Å². The summed E-state index contributed by atoms with van der Waals surface area (Å²) in [5, 5.41) is 4.15. The predicted molar refractivity (Wildman–Crippen MR) is 61.6 cm³/mol. The van der Waals surface area contributed by atoms with Crippen LogP contribution in [0.25, 0.3) is 0 Å². The van der Waals surface area contributed by atoms with E-state index in [0.717, 1.165) is 25.4 Å². The van der Waals surface area contributed by atoms with Crippen LogP contribution in [0, 0.1) is 0 Å². The fourth-order valence-corrected chi connectivity index (χ4v) is 1.90. The number of hydrogen-bond donors (Lipinski definition) is 1. The molecule has 0 amide bonds. The van der Waals surface area contributed by atoms with Crippen molar-refractivity contribution in [1.82, 2.24) is 5.32 Å². The van der Waals surface area contributed by atoms with Gasteiger partial charge in [0.15, 0.2) is 0 Å². The monoisotopic (exact) mass is 205 g/mol. The lowest BCUT2D eigenvalue weighted by Crippen LogP contribution is -2.24. The van der Waals surface area contributed by atoms with Gasteiger partial charge in [-0.25, -0.2) is 0 Å². The number of hydrogen-bond acceptors (Lipinski definition) is 3. The van der Waals surface area contributed by atoms with Gasteiger partial charge in [-0.3, -0.25) is 0 Å². The summed E-state index contributed by atoms with van der Waals surface area (Å²) >= 11 is 1.97. The minimum Gasteiger partial charge on any atom is -0.384 e. The molecule has 0 saturated carbocycles. The Balaban J connectivity index is 3.05. The SMILES string of the molecule is CCCCNCC(C)SCCOC. The van der Waals surface area contributed by atoms with E-state index in [1.165, 1.54) is 12.8 Å². The Morgan fingerprint density at radius 1 is 1.46 bits per heavy atom. The number of thioether (sulfide) groups is 1. The molecule has 0 aromatic rings. The summed E-state index contributed by atoms with van der Waals surface area (Å²) < 4.78 is 4.99. The lowest BCUT2D eigenvalue weighted by atomic mass is 10.3. The maximum absolute atomic E-state index is 4.99. The molecule has 13 heavy (non-hydrogen) atoms. The molecule has 1 atom stereocenters. The molecule has 3 heteroatoms. The van der Waals surface area contributed by atoms with Crippen LogP contribution in [0.2, 0.25) is 0 Å². The van der Waals surface area contributed by atoms with Crippen LogP contribution in [-0.4, -0.2) is 37.8 Å². The molecule has 0 aromatic heterocycles. The molecular formula is C10H23NOS. The first-order valence-corrected chi connectivity index (χ1v) is 6.17. The lowest BCUT2D eigenvalue weighted by Gasteiger charge is -2.11. The quantitative estimate of drug-likeness (QED) is 0.583. The molecule has 1 N–H and O–H groups in total. The zero-order valence-electron chi connectivity index (χ0n) is 9.14. The highest BCUT2D eigenvalue weighted by molar-refractivity contribution is 7.99.